The minimum atomic E-state index is -0.983. The van der Waals surface area contributed by atoms with Crippen LogP contribution in [0.15, 0.2) is 12.7 Å². The van der Waals surface area contributed by atoms with Crippen LogP contribution < -0.4 is 5.32 Å². The predicted octanol–water partition coefficient (Wildman–Crippen LogP) is -1.34. The number of carbonyl (C=O) groups excluding carboxylic acids is 5. The summed E-state index contributed by atoms with van der Waals surface area (Å²) in [7, 11) is 0. The van der Waals surface area contributed by atoms with Gasteiger partial charge < -0.3 is 4.74 Å². The molecule has 4 amide bonds. The van der Waals surface area contributed by atoms with E-state index < -0.39 is 35.7 Å². The molecule has 0 aliphatic carbocycles. The maximum absolute atomic E-state index is 10.8. The van der Waals surface area contributed by atoms with Crippen LogP contribution in [0.4, 0.5) is 0 Å². The second-order valence-electron chi connectivity index (χ2n) is 3.85. The molecule has 9 heteroatoms. The van der Waals surface area contributed by atoms with Crippen LogP contribution in [0, 0.1) is 0 Å². The molecule has 0 radical (unpaired) electrons. The van der Waals surface area contributed by atoms with Crippen LogP contribution in [0.25, 0.3) is 0 Å². The van der Waals surface area contributed by atoms with Gasteiger partial charge in [-0.05, 0) is 0 Å². The summed E-state index contributed by atoms with van der Waals surface area (Å²) in [5.74, 6) is -2.72. The maximum Gasteiger partial charge on any atom is 0.330 e. The molecule has 20 heavy (non-hydrogen) atoms. The van der Waals surface area contributed by atoms with E-state index in [-0.39, 0.29) is 24.3 Å². The first kappa shape index (κ1) is 15.5. The lowest BCUT2D eigenvalue weighted by Crippen LogP contribution is -2.27. The molecule has 2 aliphatic heterocycles. The number of imide groups is 2. The van der Waals surface area contributed by atoms with Crippen LogP contribution in [-0.4, -0.2) is 46.0 Å². The van der Waals surface area contributed by atoms with Gasteiger partial charge in [-0.1, -0.05) is 6.58 Å². The fraction of sp³-hybridized carbons (Fsp3) is 0.364. The molecule has 0 aromatic rings. The summed E-state index contributed by atoms with van der Waals surface area (Å²) < 4.78 is 4.55. The molecule has 2 fully saturated rings. The van der Waals surface area contributed by atoms with Gasteiger partial charge in [-0.3, -0.25) is 29.7 Å². The Morgan fingerprint density at radius 1 is 1.30 bits per heavy atom. The number of nitrogens with one attached hydrogen (secondary N) is 1. The summed E-state index contributed by atoms with van der Waals surface area (Å²) in [5.41, 5.74) is 0. The van der Waals surface area contributed by atoms with Crippen molar-refractivity contribution in [2.75, 3.05) is 0 Å². The molecule has 9 nitrogen and oxygen atoms in total. The molecule has 2 saturated heterocycles. The van der Waals surface area contributed by atoms with Crippen molar-refractivity contribution in [1.82, 2.24) is 10.4 Å². The molecule has 1 unspecified atom stereocenters. The zero-order valence-corrected chi connectivity index (χ0v) is 10.3. The Balaban J connectivity index is 0.000000217. The highest BCUT2D eigenvalue weighted by atomic mass is 16.5. The third-order valence-corrected chi connectivity index (χ3v) is 2.38. The molecule has 0 aromatic carbocycles. The van der Waals surface area contributed by atoms with Crippen LogP contribution >= 0.6 is 0 Å². The molecular formula is C11H12N2O7. The molecule has 0 aromatic heterocycles. The molecular weight excluding hydrogens is 272 g/mol. The highest BCUT2D eigenvalue weighted by molar-refractivity contribution is 6.05. The Kier molecular flexibility index (Phi) is 5.09. The van der Waals surface area contributed by atoms with Gasteiger partial charge in [0.25, 0.3) is 17.7 Å². The third kappa shape index (κ3) is 3.99. The van der Waals surface area contributed by atoms with Gasteiger partial charge in [-0.2, -0.15) is 5.06 Å². The monoisotopic (exact) mass is 284 g/mol. The number of carbonyl (C=O) groups is 5. The molecule has 0 spiro atoms. The minimum absolute atomic E-state index is 0.0988. The van der Waals surface area contributed by atoms with E-state index >= 15 is 0 Å². The molecule has 2 N–H and O–H groups in total. The lowest BCUT2D eigenvalue weighted by Gasteiger charge is -2.04. The molecule has 0 bridgehead atoms. The van der Waals surface area contributed by atoms with Crippen LogP contribution in [0.1, 0.15) is 19.3 Å². The van der Waals surface area contributed by atoms with Crippen molar-refractivity contribution in [3.63, 3.8) is 0 Å². The highest BCUT2D eigenvalue weighted by Crippen LogP contribution is 2.07. The quantitative estimate of drug-likeness (QED) is 0.277. The summed E-state index contributed by atoms with van der Waals surface area (Å²) in [5, 5.41) is 10.6. The Morgan fingerprint density at radius 3 is 2.15 bits per heavy atom. The van der Waals surface area contributed by atoms with Crippen LogP contribution in [0.5, 0.6) is 0 Å². The van der Waals surface area contributed by atoms with Crippen LogP contribution in [0.3, 0.4) is 0 Å². The first-order chi connectivity index (χ1) is 9.35. The SMILES string of the molecule is C=CC(=O)OC1CC(=O)NC1=O.O=C1CCC(=O)N1O. The average Bonchev–Trinajstić information content (AvgIpc) is 2.87. The zero-order valence-electron chi connectivity index (χ0n) is 10.3. The van der Waals surface area contributed by atoms with E-state index in [1.165, 1.54) is 0 Å². The van der Waals surface area contributed by atoms with Gasteiger partial charge in [0.15, 0.2) is 6.10 Å². The lowest BCUT2D eigenvalue weighted by atomic mass is 10.3. The van der Waals surface area contributed by atoms with Gasteiger partial charge in [0.1, 0.15) is 0 Å². The second kappa shape index (κ2) is 6.57. The van der Waals surface area contributed by atoms with Crippen molar-refractivity contribution < 1.29 is 33.9 Å². The summed E-state index contributed by atoms with van der Waals surface area (Å²) in [6.07, 6.45) is 0.155. The van der Waals surface area contributed by atoms with E-state index in [1.54, 1.807) is 0 Å². The van der Waals surface area contributed by atoms with E-state index in [1.807, 2.05) is 5.32 Å². The highest BCUT2D eigenvalue weighted by Gasteiger charge is 2.33. The summed E-state index contributed by atoms with van der Waals surface area (Å²) >= 11 is 0. The Bertz CT molecular complexity index is 469. The normalized spacial score (nSPS) is 21.2. The number of esters is 1. The largest absolute Gasteiger partial charge is 0.449 e. The standard InChI is InChI=1S/C7H7NO4.C4H5NO3/c1-2-6(10)12-4-3-5(9)8-7(4)11;6-3-1-2-4(7)5(3)8/h2,4H,1,3H2,(H,8,9,11);8H,1-2H2. The van der Waals surface area contributed by atoms with Crippen molar-refractivity contribution in [2.24, 2.45) is 0 Å². The molecule has 108 valence electrons. The molecule has 2 heterocycles. The van der Waals surface area contributed by atoms with E-state index in [0.29, 0.717) is 0 Å². The number of hydrogen-bond donors (Lipinski definition) is 2. The smallest absolute Gasteiger partial charge is 0.330 e. The predicted molar refractivity (Wildman–Crippen MR) is 60.7 cm³/mol. The molecule has 2 rings (SSSR count). The number of hydrogen-bond acceptors (Lipinski definition) is 7. The first-order valence-corrected chi connectivity index (χ1v) is 5.56. The lowest BCUT2D eigenvalue weighted by molar-refractivity contribution is -0.171. The first-order valence-electron chi connectivity index (χ1n) is 5.56. The Hall–Kier alpha value is -2.55. The van der Waals surface area contributed by atoms with Crippen LogP contribution in [-0.2, 0) is 28.7 Å². The van der Waals surface area contributed by atoms with Gasteiger partial charge in [-0.25, -0.2) is 4.79 Å². The van der Waals surface area contributed by atoms with E-state index in [2.05, 4.69) is 11.3 Å². The fourth-order valence-electron chi connectivity index (χ4n) is 1.38. The maximum atomic E-state index is 10.8. The van der Waals surface area contributed by atoms with Crippen molar-refractivity contribution in [3.8, 4) is 0 Å². The second-order valence-corrected chi connectivity index (χ2v) is 3.85. The molecule has 1 atom stereocenters. The molecule has 2 aliphatic rings. The summed E-state index contributed by atoms with van der Waals surface area (Å²) in [6, 6.07) is 0. The topological polar surface area (TPSA) is 130 Å². The Labute approximate surface area is 113 Å². The van der Waals surface area contributed by atoms with Crippen molar-refractivity contribution >= 4 is 29.6 Å². The van der Waals surface area contributed by atoms with E-state index in [9.17, 15) is 24.0 Å². The van der Waals surface area contributed by atoms with Gasteiger partial charge in [0.05, 0.1) is 6.42 Å². The number of rotatable bonds is 2. The van der Waals surface area contributed by atoms with Gasteiger partial charge in [0.2, 0.25) is 5.91 Å². The molecule has 0 saturated carbocycles. The minimum Gasteiger partial charge on any atom is -0.449 e. The summed E-state index contributed by atoms with van der Waals surface area (Å²) in [6.45, 7) is 3.16. The van der Waals surface area contributed by atoms with Crippen molar-refractivity contribution in [1.29, 1.82) is 0 Å². The van der Waals surface area contributed by atoms with E-state index in [0.717, 1.165) is 6.08 Å². The van der Waals surface area contributed by atoms with Gasteiger partial charge in [-0.15, -0.1) is 0 Å². The number of nitrogens with zero attached hydrogens (tertiary/aromatic N) is 1. The Morgan fingerprint density at radius 2 is 1.85 bits per heavy atom. The average molecular weight is 284 g/mol. The van der Waals surface area contributed by atoms with Gasteiger partial charge >= 0.3 is 5.97 Å². The third-order valence-electron chi connectivity index (χ3n) is 2.38. The van der Waals surface area contributed by atoms with E-state index in [4.69, 9.17) is 5.21 Å². The fourth-order valence-corrected chi connectivity index (χ4v) is 1.38. The number of amides is 4. The van der Waals surface area contributed by atoms with Crippen LogP contribution in [0.2, 0.25) is 0 Å². The van der Waals surface area contributed by atoms with Crippen molar-refractivity contribution in [2.45, 2.75) is 25.4 Å². The van der Waals surface area contributed by atoms with Gasteiger partial charge in [0, 0.05) is 18.9 Å². The summed E-state index contributed by atoms with van der Waals surface area (Å²) in [4.78, 5) is 52.4. The van der Waals surface area contributed by atoms with Crippen molar-refractivity contribution in [3.05, 3.63) is 12.7 Å². The zero-order chi connectivity index (χ0) is 15.3. The number of ether oxygens (including phenoxy) is 1. The number of hydroxylamine groups is 2.